The Bertz CT molecular complexity index is 757. The Balaban J connectivity index is 2.21. The Hall–Kier alpha value is -2.55. The number of nitrogens with zero attached hydrogens (tertiary/aromatic N) is 2. The Kier molecular flexibility index (Phi) is 3.48. The van der Waals surface area contributed by atoms with Crippen molar-refractivity contribution in [1.29, 1.82) is 0 Å². The fourth-order valence-corrected chi connectivity index (χ4v) is 2.63. The van der Waals surface area contributed by atoms with E-state index in [0.717, 1.165) is 35.0 Å². The lowest BCUT2D eigenvalue weighted by Gasteiger charge is -2.07. The Morgan fingerprint density at radius 3 is 2.33 bits per heavy atom. The Morgan fingerprint density at radius 1 is 1.00 bits per heavy atom. The summed E-state index contributed by atoms with van der Waals surface area (Å²) in [6, 6.07) is 18.4. The maximum absolute atomic E-state index is 6.35. The first-order valence-electron chi connectivity index (χ1n) is 7.19. The summed E-state index contributed by atoms with van der Waals surface area (Å²) in [7, 11) is 0. The van der Waals surface area contributed by atoms with Crippen LogP contribution in [0.15, 0.2) is 54.6 Å². The van der Waals surface area contributed by atoms with E-state index in [4.69, 9.17) is 10.7 Å². The molecule has 0 fully saturated rings. The molecule has 3 rings (SSSR count). The smallest absolute Gasteiger partial charge is 0.142 e. The molecular weight excluding hydrogens is 258 g/mol. The Labute approximate surface area is 125 Å². The van der Waals surface area contributed by atoms with Crippen LogP contribution in [0.1, 0.15) is 12.5 Å². The zero-order valence-electron chi connectivity index (χ0n) is 12.4. The predicted molar refractivity (Wildman–Crippen MR) is 87.9 cm³/mol. The maximum atomic E-state index is 6.35. The van der Waals surface area contributed by atoms with E-state index in [2.05, 4.69) is 42.7 Å². The van der Waals surface area contributed by atoms with Crippen molar-refractivity contribution in [2.24, 2.45) is 0 Å². The van der Waals surface area contributed by atoms with E-state index in [1.165, 1.54) is 5.56 Å². The number of nitrogens with two attached hydrogens (primary N) is 1. The van der Waals surface area contributed by atoms with Gasteiger partial charge in [-0.25, -0.2) is 4.98 Å². The monoisotopic (exact) mass is 277 g/mol. The first kappa shape index (κ1) is 13.4. The van der Waals surface area contributed by atoms with E-state index in [1.54, 1.807) is 0 Å². The topological polar surface area (TPSA) is 43.8 Å². The highest BCUT2D eigenvalue weighted by atomic mass is 15.1. The lowest BCUT2D eigenvalue weighted by atomic mass is 10.1. The quantitative estimate of drug-likeness (QED) is 0.782. The van der Waals surface area contributed by atoms with Crippen LogP contribution in [-0.4, -0.2) is 9.55 Å². The standard InChI is InChI=1S/C18H19N3/c1-3-21-17(19)16(15-12-8-7-9-13(15)2)20-18(21)14-10-5-4-6-11-14/h4-12H,3,19H2,1-2H3. The molecule has 1 heterocycles. The lowest BCUT2D eigenvalue weighted by Crippen LogP contribution is -2.02. The third kappa shape index (κ3) is 2.31. The number of aryl methyl sites for hydroxylation is 1. The maximum Gasteiger partial charge on any atom is 0.142 e. The average Bonchev–Trinajstić information content (AvgIpc) is 2.85. The fourth-order valence-electron chi connectivity index (χ4n) is 2.63. The lowest BCUT2D eigenvalue weighted by molar-refractivity contribution is 0.781. The van der Waals surface area contributed by atoms with Crippen molar-refractivity contribution in [3.05, 3.63) is 60.2 Å². The van der Waals surface area contributed by atoms with Gasteiger partial charge in [-0.2, -0.15) is 0 Å². The van der Waals surface area contributed by atoms with Gasteiger partial charge in [0.15, 0.2) is 0 Å². The molecule has 3 heteroatoms. The number of hydrogen-bond acceptors (Lipinski definition) is 2. The van der Waals surface area contributed by atoms with Crippen molar-refractivity contribution in [2.45, 2.75) is 20.4 Å². The molecule has 3 aromatic rings. The van der Waals surface area contributed by atoms with Gasteiger partial charge in [-0.3, -0.25) is 0 Å². The second-order valence-electron chi connectivity index (χ2n) is 5.09. The summed E-state index contributed by atoms with van der Waals surface area (Å²) in [5, 5.41) is 0. The third-order valence-electron chi connectivity index (χ3n) is 3.76. The van der Waals surface area contributed by atoms with E-state index in [0.29, 0.717) is 0 Å². The summed E-state index contributed by atoms with van der Waals surface area (Å²) in [5.41, 5.74) is 10.6. The molecule has 0 aliphatic heterocycles. The second-order valence-corrected chi connectivity index (χ2v) is 5.09. The normalized spacial score (nSPS) is 10.8. The van der Waals surface area contributed by atoms with Gasteiger partial charge in [-0.05, 0) is 19.4 Å². The highest BCUT2D eigenvalue weighted by Crippen LogP contribution is 2.32. The van der Waals surface area contributed by atoms with Crippen molar-refractivity contribution in [2.75, 3.05) is 5.73 Å². The van der Waals surface area contributed by atoms with E-state index in [-0.39, 0.29) is 0 Å². The van der Waals surface area contributed by atoms with Crippen molar-refractivity contribution in [1.82, 2.24) is 9.55 Å². The molecule has 0 saturated carbocycles. The summed E-state index contributed by atoms with van der Waals surface area (Å²) in [5.74, 6) is 1.65. The molecule has 1 aromatic heterocycles. The molecule has 0 unspecified atom stereocenters. The largest absolute Gasteiger partial charge is 0.383 e. The number of anilines is 1. The van der Waals surface area contributed by atoms with Gasteiger partial charge in [0.1, 0.15) is 17.3 Å². The van der Waals surface area contributed by atoms with Gasteiger partial charge in [-0.1, -0.05) is 54.6 Å². The SMILES string of the molecule is CCn1c(-c2ccccc2)nc(-c2ccccc2C)c1N. The van der Waals surface area contributed by atoms with Crippen LogP contribution < -0.4 is 5.73 Å². The summed E-state index contributed by atoms with van der Waals surface area (Å²) in [6.07, 6.45) is 0. The van der Waals surface area contributed by atoms with Gasteiger partial charge in [0.2, 0.25) is 0 Å². The number of aromatic nitrogens is 2. The molecule has 0 amide bonds. The van der Waals surface area contributed by atoms with Gasteiger partial charge in [0.05, 0.1) is 0 Å². The molecule has 0 saturated heterocycles. The zero-order chi connectivity index (χ0) is 14.8. The fraction of sp³-hybridized carbons (Fsp3) is 0.167. The van der Waals surface area contributed by atoms with E-state index in [9.17, 15) is 0 Å². The molecule has 106 valence electrons. The predicted octanol–water partition coefficient (Wildman–Crippen LogP) is 4.13. The molecule has 3 nitrogen and oxygen atoms in total. The first-order valence-corrected chi connectivity index (χ1v) is 7.19. The Morgan fingerprint density at radius 2 is 1.67 bits per heavy atom. The minimum absolute atomic E-state index is 0.727. The molecule has 0 spiro atoms. The number of hydrogen-bond donors (Lipinski definition) is 1. The van der Waals surface area contributed by atoms with Crippen molar-refractivity contribution in [3.8, 4) is 22.6 Å². The molecule has 0 bridgehead atoms. The van der Waals surface area contributed by atoms with Gasteiger partial charge in [0, 0.05) is 17.7 Å². The van der Waals surface area contributed by atoms with Crippen molar-refractivity contribution >= 4 is 5.82 Å². The zero-order valence-corrected chi connectivity index (χ0v) is 12.4. The van der Waals surface area contributed by atoms with Crippen LogP contribution in [0.4, 0.5) is 5.82 Å². The van der Waals surface area contributed by atoms with Crippen LogP contribution in [0.3, 0.4) is 0 Å². The van der Waals surface area contributed by atoms with Gasteiger partial charge in [0.25, 0.3) is 0 Å². The summed E-state index contributed by atoms with van der Waals surface area (Å²) >= 11 is 0. The minimum atomic E-state index is 0.727. The number of benzene rings is 2. The third-order valence-corrected chi connectivity index (χ3v) is 3.76. The number of rotatable bonds is 3. The van der Waals surface area contributed by atoms with Gasteiger partial charge >= 0.3 is 0 Å². The minimum Gasteiger partial charge on any atom is -0.383 e. The molecule has 0 atom stereocenters. The summed E-state index contributed by atoms with van der Waals surface area (Å²) < 4.78 is 2.07. The molecular formula is C18H19N3. The van der Waals surface area contributed by atoms with Crippen LogP contribution in [0.2, 0.25) is 0 Å². The average molecular weight is 277 g/mol. The van der Waals surface area contributed by atoms with Crippen molar-refractivity contribution in [3.63, 3.8) is 0 Å². The molecule has 0 aliphatic carbocycles. The highest BCUT2D eigenvalue weighted by Gasteiger charge is 2.17. The van der Waals surface area contributed by atoms with Crippen LogP contribution in [0, 0.1) is 6.92 Å². The van der Waals surface area contributed by atoms with Crippen LogP contribution in [-0.2, 0) is 6.54 Å². The molecule has 0 radical (unpaired) electrons. The van der Waals surface area contributed by atoms with Crippen LogP contribution in [0.5, 0.6) is 0 Å². The number of nitrogen functional groups attached to an aromatic ring is 1. The first-order chi connectivity index (χ1) is 10.2. The molecule has 2 N–H and O–H groups in total. The second kappa shape index (κ2) is 5.44. The van der Waals surface area contributed by atoms with E-state index >= 15 is 0 Å². The summed E-state index contributed by atoms with van der Waals surface area (Å²) in [4.78, 5) is 4.82. The van der Waals surface area contributed by atoms with Crippen LogP contribution >= 0.6 is 0 Å². The number of imidazole rings is 1. The highest BCUT2D eigenvalue weighted by molar-refractivity contribution is 5.77. The summed E-state index contributed by atoms with van der Waals surface area (Å²) in [6.45, 7) is 4.98. The van der Waals surface area contributed by atoms with Crippen LogP contribution in [0.25, 0.3) is 22.6 Å². The van der Waals surface area contributed by atoms with Gasteiger partial charge in [-0.15, -0.1) is 0 Å². The van der Waals surface area contributed by atoms with E-state index in [1.807, 2.05) is 30.3 Å². The molecule has 2 aromatic carbocycles. The van der Waals surface area contributed by atoms with E-state index < -0.39 is 0 Å². The molecule has 21 heavy (non-hydrogen) atoms. The van der Waals surface area contributed by atoms with Gasteiger partial charge < -0.3 is 10.3 Å². The van der Waals surface area contributed by atoms with Crippen molar-refractivity contribution < 1.29 is 0 Å². The molecule has 0 aliphatic rings.